The molecule has 2 rings (SSSR count). The molecule has 0 saturated carbocycles. The average Bonchev–Trinajstić information content (AvgIpc) is 2.55. The van der Waals surface area contributed by atoms with E-state index in [4.69, 9.17) is 4.74 Å². The molecule has 0 aliphatic rings. The Balaban J connectivity index is 2.20. The maximum Gasteiger partial charge on any atom is 0.311 e. The van der Waals surface area contributed by atoms with E-state index in [9.17, 15) is 15.0 Å². The zero-order valence-corrected chi connectivity index (χ0v) is 13.2. The minimum Gasteiger partial charge on any atom is -0.508 e. The number of hydrogen-bond acceptors (Lipinski definition) is 3. The van der Waals surface area contributed by atoms with Crippen LogP contribution in [0.15, 0.2) is 48.5 Å². The van der Waals surface area contributed by atoms with Crippen LogP contribution >= 0.6 is 0 Å². The highest BCUT2D eigenvalue weighted by Gasteiger charge is 2.22. The van der Waals surface area contributed by atoms with Crippen LogP contribution in [-0.2, 0) is 11.2 Å². The highest BCUT2D eigenvalue weighted by molar-refractivity contribution is 5.76. The summed E-state index contributed by atoms with van der Waals surface area (Å²) >= 11 is 0. The van der Waals surface area contributed by atoms with Crippen LogP contribution < -0.4 is 4.74 Å². The summed E-state index contributed by atoms with van der Waals surface area (Å²) in [5.74, 6) is -0.697. The van der Waals surface area contributed by atoms with E-state index in [-0.39, 0.29) is 5.75 Å². The molecular weight excluding hydrogens is 292 g/mol. The monoisotopic (exact) mass is 314 g/mol. The lowest BCUT2D eigenvalue weighted by Crippen LogP contribution is -2.15. The highest BCUT2D eigenvalue weighted by atomic mass is 16.5. The summed E-state index contributed by atoms with van der Waals surface area (Å²) in [5.41, 5.74) is 1.54. The van der Waals surface area contributed by atoms with Gasteiger partial charge in [-0.25, -0.2) is 0 Å². The molecule has 1 unspecified atom stereocenters. The van der Waals surface area contributed by atoms with Crippen LogP contribution in [0.2, 0.25) is 0 Å². The molecule has 0 radical (unpaired) electrons. The van der Waals surface area contributed by atoms with E-state index >= 15 is 0 Å². The van der Waals surface area contributed by atoms with Gasteiger partial charge in [0.05, 0.1) is 12.5 Å². The summed E-state index contributed by atoms with van der Waals surface area (Å²) in [6.07, 6.45) is 2.37. The molecule has 0 bridgehead atoms. The van der Waals surface area contributed by atoms with Gasteiger partial charge in [0.15, 0.2) is 0 Å². The largest absolute Gasteiger partial charge is 0.508 e. The quantitative estimate of drug-likeness (QED) is 0.723. The third-order valence-electron chi connectivity index (χ3n) is 3.75. The molecule has 0 fully saturated rings. The fraction of sp³-hybridized carbons (Fsp3) is 0.316. The number of unbranched alkanes of at least 4 members (excludes halogenated alkanes) is 1. The van der Waals surface area contributed by atoms with E-state index in [2.05, 4.69) is 6.92 Å². The molecule has 0 amide bonds. The van der Waals surface area contributed by atoms with E-state index < -0.39 is 11.9 Å². The Morgan fingerprint density at radius 1 is 1.13 bits per heavy atom. The second-order valence-corrected chi connectivity index (χ2v) is 5.50. The lowest BCUT2D eigenvalue weighted by molar-refractivity contribution is -0.138. The van der Waals surface area contributed by atoms with Crippen LogP contribution in [0.1, 0.15) is 36.8 Å². The van der Waals surface area contributed by atoms with Crippen molar-refractivity contribution in [3.8, 4) is 11.5 Å². The van der Waals surface area contributed by atoms with Crippen molar-refractivity contribution in [2.24, 2.45) is 0 Å². The maximum absolute atomic E-state index is 11.7. The number of hydrogen-bond donors (Lipinski definition) is 2. The number of carbonyl (C=O) groups is 1. The minimum atomic E-state index is -0.890. The Morgan fingerprint density at radius 3 is 2.48 bits per heavy atom. The molecule has 2 aromatic carbocycles. The first kappa shape index (κ1) is 16.9. The Labute approximate surface area is 136 Å². The Morgan fingerprint density at radius 2 is 1.83 bits per heavy atom. The van der Waals surface area contributed by atoms with Gasteiger partial charge in [-0.05, 0) is 42.2 Å². The fourth-order valence-corrected chi connectivity index (χ4v) is 2.41. The number of ether oxygens (including phenoxy) is 1. The Kier molecular flexibility index (Phi) is 6.03. The number of aliphatic carboxylic acids is 1. The number of rotatable bonds is 8. The third-order valence-corrected chi connectivity index (χ3v) is 3.75. The topological polar surface area (TPSA) is 66.8 Å². The molecule has 2 aromatic rings. The first-order chi connectivity index (χ1) is 11.1. The predicted molar refractivity (Wildman–Crippen MR) is 89.0 cm³/mol. The average molecular weight is 314 g/mol. The summed E-state index contributed by atoms with van der Waals surface area (Å²) in [5, 5.41) is 18.9. The van der Waals surface area contributed by atoms with E-state index in [0.717, 1.165) is 24.2 Å². The van der Waals surface area contributed by atoms with Gasteiger partial charge in [-0.2, -0.15) is 0 Å². The van der Waals surface area contributed by atoms with Gasteiger partial charge in [-0.15, -0.1) is 0 Å². The van der Waals surface area contributed by atoms with Crippen molar-refractivity contribution in [3.05, 3.63) is 59.7 Å². The van der Waals surface area contributed by atoms with Crippen LogP contribution in [0, 0.1) is 0 Å². The second-order valence-electron chi connectivity index (χ2n) is 5.50. The van der Waals surface area contributed by atoms with Gasteiger partial charge in [0.2, 0.25) is 0 Å². The van der Waals surface area contributed by atoms with Crippen molar-refractivity contribution >= 4 is 5.97 Å². The molecule has 0 spiro atoms. The number of carboxylic acids is 1. The van der Waals surface area contributed by atoms with Gasteiger partial charge in [0, 0.05) is 0 Å². The number of benzene rings is 2. The molecule has 0 aliphatic heterocycles. The van der Waals surface area contributed by atoms with E-state index in [1.165, 1.54) is 12.1 Å². The number of phenolic OH excluding ortho intramolecular Hbond substituents is 1. The Bertz CT molecular complexity index is 634. The number of phenols is 1. The standard InChI is InChI=1S/C19H22O4/c1-2-3-12-23-18-7-5-4-6-15(18)13-17(19(21)22)14-8-10-16(20)11-9-14/h4-11,17,20H,2-3,12-13H2,1H3,(H,21,22). The normalized spacial score (nSPS) is 11.9. The summed E-state index contributed by atoms with van der Waals surface area (Å²) in [7, 11) is 0. The van der Waals surface area contributed by atoms with Crippen LogP contribution in [0.5, 0.6) is 11.5 Å². The Hall–Kier alpha value is -2.49. The van der Waals surface area contributed by atoms with Gasteiger partial charge >= 0.3 is 5.97 Å². The van der Waals surface area contributed by atoms with Crippen LogP contribution in [-0.4, -0.2) is 22.8 Å². The van der Waals surface area contributed by atoms with Gasteiger partial charge in [0.25, 0.3) is 0 Å². The molecule has 0 saturated heterocycles. The summed E-state index contributed by atoms with van der Waals surface area (Å²) in [4.78, 5) is 11.7. The smallest absolute Gasteiger partial charge is 0.311 e. The number of carboxylic acid groups (broad SMARTS) is 1. The summed E-state index contributed by atoms with van der Waals surface area (Å²) in [6, 6.07) is 13.9. The molecule has 23 heavy (non-hydrogen) atoms. The number of para-hydroxylation sites is 1. The molecule has 122 valence electrons. The SMILES string of the molecule is CCCCOc1ccccc1CC(C(=O)O)c1ccc(O)cc1. The van der Waals surface area contributed by atoms with E-state index in [1.54, 1.807) is 12.1 Å². The first-order valence-electron chi connectivity index (χ1n) is 7.84. The van der Waals surface area contributed by atoms with E-state index in [1.807, 2.05) is 24.3 Å². The van der Waals surface area contributed by atoms with Crippen LogP contribution in [0.25, 0.3) is 0 Å². The van der Waals surface area contributed by atoms with Crippen molar-refractivity contribution in [1.29, 1.82) is 0 Å². The van der Waals surface area contributed by atoms with Crippen molar-refractivity contribution < 1.29 is 19.7 Å². The minimum absolute atomic E-state index is 0.126. The molecule has 0 aliphatic carbocycles. The van der Waals surface area contributed by atoms with Crippen LogP contribution in [0.4, 0.5) is 0 Å². The summed E-state index contributed by atoms with van der Waals surface area (Å²) < 4.78 is 5.78. The predicted octanol–water partition coefficient (Wildman–Crippen LogP) is 3.98. The molecule has 0 heterocycles. The van der Waals surface area contributed by atoms with Gasteiger partial charge in [-0.1, -0.05) is 43.7 Å². The van der Waals surface area contributed by atoms with Crippen LogP contribution in [0.3, 0.4) is 0 Å². The van der Waals surface area contributed by atoms with Crippen molar-refractivity contribution in [2.45, 2.75) is 32.1 Å². The molecular formula is C19H22O4. The fourth-order valence-electron chi connectivity index (χ4n) is 2.41. The molecule has 2 N–H and O–H groups in total. The molecule has 1 atom stereocenters. The highest BCUT2D eigenvalue weighted by Crippen LogP contribution is 2.28. The van der Waals surface area contributed by atoms with Crippen molar-refractivity contribution in [1.82, 2.24) is 0 Å². The van der Waals surface area contributed by atoms with Gasteiger partial charge < -0.3 is 14.9 Å². The zero-order chi connectivity index (χ0) is 16.7. The summed E-state index contributed by atoms with van der Waals surface area (Å²) in [6.45, 7) is 2.73. The van der Waals surface area contributed by atoms with Gasteiger partial charge in [-0.3, -0.25) is 4.79 Å². The van der Waals surface area contributed by atoms with Gasteiger partial charge in [0.1, 0.15) is 11.5 Å². The third kappa shape index (κ3) is 4.74. The van der Waals surface area contributed by atoms with Crippen molar-refractivity contribution in [3.63, 3.8) is 0 Å². The lowest BCUT2D eigenvalue weighted by Gasteiger charge is -2.16. The molecule has 4 heteroatoms. The first-order valence-corrected chi connectivity index (χ1v) is 7.84. The lowest BCUT2D eigenvalue weighted by atomic mass is 9.91. The molecule has 4 nitrogen and oxygen atoms in total. The molecule has 0 aromatic heterocycles. The zero-order valence-electron chi connectivity index (χ0n) is 13.2. The maximum atomic E-state index is 11.7. The number of aromatic hydroxyl groups is 1. The van der Waals surface area contributed by atoms with E-state index in [0.29, 0.717) is 18.6 Å². The van der Waals surface area contributed by atoms with Crippen molar-refractivity contribution in [2.75, 3.05) is 6.61 Å². The second kappa shape index (κ2) is 8.22.